The Labute approximate surface area is 159 Å². The number of hydrogen-bond acceptors (Lipinski definition) is 3. The first-order chi connectivity index (χ1) is 12.5. The monoisotopic (exact) mass is 394 g/mol. The summed E-state index contributed by atoms with van der Waals surface area (Å²) in [4.78, 5) is 19.3. The fourth-order valence-electron chi connectivity index (χ4n) is 3.17. The molecule has 0 aliphatic rings. The van der Waals surface area contributed by atoms with E-state index in [-0.39, 0.29) is 6.42 Å². The topological polar surface area (TPSA) is 63.6 Å². The van der Waals surface area contributed by atoms with E-state index in [0.717, 1.165) is 19.3 Å². The molecule has 0 amide bonds. The molecule has 1 N–H and O–H groups in total. The van der Waals surface area contributed by atoms with E-state index in [1.54, 1.807) is 0 Å². The maximum Gasteiger partial charge on any atom is 0.569 e. The van der Waals surface area contributed by atoms with Gasteiger partial charge in [-0.3, -0.25) is 9.69 Å². The van der Waals surface area contributed by atoms with Crippen LogP contribution in [-0.2, 0) is 13.9 Å². The molecule has 0 aromatic carbocycles. The molecule has 0 aromatic rings. The molecule has 0 spiro atoms. The van der Waals surface area contributed by atoms with Gasteiger partial charge in [0.2, 0.25) is 0 Å². The number of halogens is 1. The SMILES string of the molecule is CCCCCCCCCCCCCCCCCCCC(=O)OP(=O)(O)F. The van der Waals surface area contributed by atoms with E-state index in [0.29, 0.717) is 6.42 Å². The van der Waals surface area contributed by atoms with Crippen LogP contribution in [0, 0.1) is 0 Å². The lowest BCUT2D eigenvalue weighted by atomic mass is 10.0. The van der Waals surface area contributed by atoms with Crippen molar-refractivity contribution in [2.45, 2.75) is 122 Å². The van der Waals surface area contributed by atoms with E-state index in [9.17, 15) is 13.6 Å². The van der Waals surface area contributed by atoms with E-state index in [1.807, 2.05) is 0 Å². The Morgan fingerprint density at radius 3 is 1.35 bits per heavy atom. The van der Waals surface area contributed by atoms with Crippen LogP contribution in [0.5, 0.6) is 0 Å². The van der Waals surface area contributed by atoms with Crippen molar-refractivity contribution in [3.05, 3.63) is 0 Å². The molecule has 0 heterocycles. The molecule has 0 radical (unpaired) electrons. The van der Waals surface area contributed by atoms with E-state index < -0.39 is 13.9 Å². The first-order valence-electron chi connectivity index (χ1n) is 10.7. The average Bonchev–Trinajstić information content (AvgIpc) is 2.56. The minimum atomic E-state index is -5.16. The Hall–Kier alpha value is -0.410. The second-order valence-electron chi connectivity index (χ2n) is 7.32. The van der Waals surface area contributed by atoms with Crippen LogP contribution in [0.25, 0.3) is 0 Å². The van der Waals surface area contributed by atoms with Crippen LogP contribution in [0.2, 0.25) is 0 Å². The number of carbonyl (C=O) groups excluding carboxylic acids is 1. The van der Waals surface area contributed by atoms with Crippen molar-refractivity contribution in [1.29, 1.82) is 0 Å². The van der Waals surface area contributed by atoms with Gasteiger partial charge in [-0.25, -0.2) is 4.57 Å². The van der Waals surface area contributed by atoms with Crippen molar-refractivity contribution in [1.82, 2.24) is 0 Å². The highest BCUT2D eigenvalue weighted by molar-refractivity contribution is 7.47. The molecular weight excluding hydrogens is 354 g/mol. The van der Waals surface area contributed by atoms with Gasteiger partial charge in [0.1, 0.15) is 0 Å². The molecule has 156 valence electrons. The standard InChI is InChI=1S/C20H40FO4P/c1-2-3-4-5-6-7-8-9-10-11-12-13-14-15-16-17-18-19-20(22)25-26(21,23)24/h2-19H2,1H3,(H,23,24). The smallest absolute Gasteiger partial charge is 0.367 e. The lowest BCUT2D eigenvalue weighted by Crippen LogP contribution is -2.00. The second-order valence-corrected chi connectivity index (χ2v) is 8.41. The molecule has 1 unspecified atom stereocenters. The van der Waals surface area contributed by atoms with E-state index in [4.69, 9.17) is 4.89 Å². The van der Waals surface area contributed by atoms with Gasteiger partial charge in [0.05, 0.1) is 0 Å². The normalized spacial score (nSPS) is 13.5. The molecule has 4 nitrogen and oxygen atoms in total. The zero-order valence-corrected chi connectivity index (χ0v) is 17.6. The van der Waals surface area contributed by atoms with E-state index >= 15 is 0 Å². The number of hydrogen-bond donors (Lipinski definition) is 1. The van der Waals surface area contributed by atoms with E-state index in [1.165, 1.54) is 83.5 Å². The van der Waals surface area contributed by atoms with Crippen molar-refractivity contribution in [3.8, 4) is 0 Å². The Balaban J connectivity index is 3.13. The van der Waals surface area contributed by atoms with Crippen LogP contribution in [0.1, 0.15) is 122 Å². The van der Waals surface area contributed by atoms with Crippen LogP contribution in [0.3, 0.4) is 0 Å². The molecule has 0 aromatic heterocycles. The van der Waals surface area contributed by atoms with Crippen LogP contribution in [0.4, 0.5) is 4.20 Å². The van der Waals surface area contributed by atoms with Gasteiger partial charge in [-0.1, -0.05) is 110 Å². The van der Waals surface area contributed by atoms with Crippen molar-refractivity contribution >= 4 is 13.9 Å². The minimum absolute atomic E-state index is 0.00702. The predicted octanol–water partition coefficient (Wildman–Crippen LogP) is 7.64. The molecule has 6 heteroatoms. The zero-order chi connectivity index (χ0) is 19.5. The molecule has 0 aliphatic heterocycles. The third-order valence-electron chi connectivity index (χ3n) is 4.70. The van der Waals surface area contributed by atoms with Gasteiger partial charge in [0, 0.05) is 6.42 Å². The number of rotatable bonds is 19. The van der Waals surface area contributed by atoms with Gasteiger partial charge in [-0.05, 0) is 6.42 Å². The van der Waals surface area contributed by atoms with Crippen LogP contribution < -0.4 is 0 Å². The fraction of sp³-hybridized carbons (Fsp3) is 0.950. The Bertz CT molecular complexity index is 371. The largest absolute Gasteiger partial charge is 0.569 e. The highest BCUT2D eigenvalue weighted by Gasteiger charge is 2.22. The maximum atomic E-state index is 12.2. The summed E-state index contributed by atoms with van der Waals surface area (Å²) in [5, 5.41) is 0. The fourth-order valence-corrected chi connectivity index (χ4v) is 3.51. The maximum absolute atomic E-state index is 12.2. The summed E-state index contributed by atoms with van der Waals surface area (Å²) in [6.07, 6.45) is 21.3. The van der Waals surface area contributed by atoms with Crippen LogP contribution in [-0.4, -0.2) is 10.9 Å². The van der Waals surface area contributed by atoms with Gasteiger partial charge in [-0.15, -0.1) is 4.20 Å². The Kier molecular flexibility index (Phi) is 17.7. The summed E-state index contributed by atoms with van der Waals surface area (Å²) in [6, 6.07) is 0. The minimum Gasteiger partial charge on any atom is -0.367 e. The van der Waals surface area contributed by atoms with Gasteiger partial charge >= 0.3 is 13.9 Å². The van der Waals surface area contributed by atoms with Crippen LogP contribution >= 0.6 is 7.91 Å². The summed E-state index contributed by atoms with van der Waals surface area (Å²) < 4.78 is 26.3. The third-order valence-corrected chi connectivity index (χ3v) is 5.13. The van der Waals surface area contributed by atoms with Crippen molar-refractivity contribution in [2.24, 2.45) is 0 Å². The summed E-state index contributed by atoms with van der Waals surface area (Å²) >= 11 is 0. The molecule has 0 aliphatic carbocycles. The lowest BCUT2D eigenvalue weighted by Gasteiger charge is -2.04. The molecule has 0 bridgehead atoms. The van der Waals surface area contributed by atoms with E-state index in [2.05, 4.69) is 11.4 Å². The summed E-state index contributed by atoms with van der Waals surface area (Å²) in [7, 11) is -5.16. The Morgan fingerprint density at radius 1 is 0.731 bits per heavy atom. The van der Waals surface area contributed by atoms with Crippen molar-refractivity contribution in [3.63, 3.8) is 0 Å². The van der Waals surface area contributed by atoms with Gasteiger partial charge < -0.3 is 4.52 Å². The van der Waals surface area contributed by atoms with Crippen molar-refractivity contribution < 1.29 is 23.0 Å². The molecule has 0 rings (SSSR count). The molecule has 0 saturated heterocycles. The molecule has 26 heavy (non-hydrogen) atoms. The third kappa shape index (κ3) is 21.6. The highest BCUT2D eigenvalue weighted by Crippen LogP contribution is 2.43. The van der Waals surface area contributed by atoms with Gasteiger partial charge in [0.15, 0.2) is 0 Å². The lowest BCUT2D eigenvalue weighted by molar-refractivity contribution is -0.135. The molecule has 1 atom stereocenters. The predicted molar refractivity (Wildman–Crippen MR) is 106 cm³/mol. The van der Waals surface area contributed by atoms with Crippen LogP contribution in [0.15, 0.2) is 0 Å². The quantitative estimate of drug-likeness (QED) is 0.181. The first-order valence-corrected chi connectivity index (χ1v) is 12.2. The first kappa shape index (κ1) is 25.6. The second kappa shape index (κ2) is 18.0. The van der Waals surface area contributed by atoms with Gasteiger partial charge in [-0.2, -0.15) is 0 Å². The summed E-state index contributed by atoms with van der Waals surface area (Å²) in [5.74, 6) is -0.931. The summed E-state index contributed by atoms with van der Waals surface area (Å²) in [5.41, 5.74) is 0. The molecule has 0 fully saturated rings. The number of unbranched alkanes of at least 4 members (excludes halogenated alkanes) is 16. The molecule has 0 saturated carbocycles. The van der Waals surface area contributed by atoms with Crippen molar-refractivity contribution in [2.75, 3.05) is 0 Å². The summed E-state index contributed by atoms with van der Waals surface area (Å²) in [6.45, 7) is 2.26. The average molecular weight is 395 g/mol. The highest BCUT2D eigenvalue weighted by atomic mass is 31.2. The Morgan fingerprint density at radius 2 is 1.04 bits per heavy atom. The zero-order valence-electron chi connectivity index (χ0n) is 16.7. The number of carbonyl (C=O) groups is 1. The molecular formula is C20H40FO4P. The van der Waals surface area contributed by atoms with Gasteiger partial charge in [0.25, 0.3) is 0 Å².